The van der Waals surface area contributed by atoms with Gasteiger partial charge in [0, 0.05) is 43.0 Å². The largest absolute Gasteiger partial charge is 0.480 e. The molecular formula is C46H67Cl2N5O4. The zero-order valence-electron chi connectivity index (χ0n) is 35.8. The van der Waals surface area contributed by atoms with Crippen LogP contribution in [-0.2, 0) is 22.7 Å². The van der Waals surface area contributed by atoms with E-state index in [1.165, 1.54) is 21.4 Å². The molecule has 1 aromatic carbocycles. The molecule has 8 atom stereocenters. The monoisotopic (exact) mass is 823 g/mol. The number of halogens is 2. The van der Waals surface area contributed by atoms with E-state index in [0.717, 1.165) is 80.9 Å². The lowest BCUT2D eigenvalue weighted by atomic mass is 9.33. The lowest BCUT2D eigenvalue weighted by Crippen LogP contribution is -2.64. The summed E-state index contributed by atoms with van der Waals surface area (Å²) in [5, 5.41) is 31.4. The number of fused-ring (bicyclic) bond motifs is 7. The highest BCUT2D eigenvalue weighted by Gasteiger charge is 2.70. The Hall–Kier alpha value is -2.56. The van der Waals surface area contributed by atoms with E-state index in [4.69, 9.17) is 11.6 Å². The number of aliphatic hydroxyl groups is 1. The number of benzene rings is 1. The van der Waals surface area contributed by atoms with Crippen LogP contribution in [0, 0.1) is 50.7 Å². The minimum Gasteiger partial charge on any atom is -0.480 e. The third kappa shape index (κ3) is 7.27. The number of aliphatic carboxylic acids is 1. The Bertz CT molecular complexity index is 1910. The summed E-state index contributed by atoms with van der Waals surface area (Å²) in [6.45, 7) is 19.6. The van der Waals surface area contributed by atoms with Crippen molar-refractivity contribution in [2.75, 3.05) is 33.7 Å². The molecule has 1 aromatic heterocycles. The molecule has 0 bridgehead atoms. The number of rotatable bonds is 12. The average Bonchev–Trinajstić information content (AvgIpc) is 3.69. The Morgan fingerprint density at radius 2 is 1.68 bits per heavy atom. The summed E-state index contributed by atoms with van der Waals surface area (Å²) >= 11 is 6.25. The van der Waals surface area contributed by atoms with Crippen molar-refractivity contribution in [3.8, 4) is 0 Å². The number of allylic oxidation sites excluding steroid dienone is 3. The number of carboxylic acids is 1. The van der Waals surface area contributed by atoms with Crippen LogP contribution in [0.25, 0.3) is 5.57 Å². The van der Waals surface area contributed by atoms with Gasteiger partial charge in [-0.2, -0.15) is 0 Å². The Balaban J connectivity index is 0.00000549. The van der Waals surface area contributed by atoms with E-state index in [-0.39, 0.29) is 58.2 Å². The van der Waals surface area contributed by atoms with E-state index >= 15 is 0 Å². The number of likely N-dealkylation sites (N-methyl/N-ethyl adjacent to an activating group) is 1. The van der Waals surface area contributed by atoms with Crippen LogP contribution in [-0.4, -0.2) is 86.6 Å². The van der Waals surface area contributed by atoms with Gasteiger partial charge in [-0.15, -0.1) is 17.5 Å². The van der Waals surface area contributed by atoms with Crippen LogP contribution >= 0.6 is 24.0 Å². The fourth-order valence-corrected chi connectivity index (χ4v) is 13.7. The van der Waals surface area contributed by atoms with Crippen molar-refractivity contribution in [1.29, 1.82) is 0 Å². The number of hydrogen-bond donors (Lipinski definition) is 2. The minimum absolute atomic E-state index is 0. The zero-order valence-corrected chi connectivity index (χ0v) is 37.3. The molecule has 1 unspecified atom stereocenters. The molecule has 57 heavy (non-hydrogen) atoms. The summed E-state index contributed by atoms with van der Waals surface area (Å²) in [4.78, 5) is 30.3. The SMILES string of the molecule is CC(C)C1=C2[C@H]3CC[C@@H]4[C@@]5(C)CC=C(c6cn(CC(=O)O)nn6)C(C)(C)[C@@H]5CC[C@@]4(C)[C@]3(C)CC[C@@]2(C(O)CN(CCN(C)C)Cc2ccc(Cl)cc2)CC1=O.Cl. The Morgan fingerprint density at radius 3 is 2.33 bits per heavy atom. The summed E-state index contributed by atoms with van der Waals surface area (Å²) in [7, 11) is 4.18. The predicted octanol–water partition coefficient (Wildman–Crippen LogP) is 8.84. The van der Waals surface area contributed by atoms with Crippen molar-refractivity contribution in [2.45, 2.75) is 119 Å². The van der Waals surface area contributed by atoms with Gasteiger partial charge in [0.05, 0.1) is 12.3 Å². The summed E-state index contributed by atoms with van der Waals surface area (Å²) in [6.07, 6.45) is 11.2. The molecule has 1 heterocycles. The Labute approximate surface area is 352 Å². The van der Waals surface area contributed by atoms with E-state index in [9.17, 15) is 19.8 Å². The highest BCUT2D eigenvalue weighted by atomic mass is 35.5. The maximum Gasteiger partial charge on any atom is 0.325 e. The maximum absolute atomic E-state index is 14.3. The molecule has 314 valence electrons. The van der Waals surface area contributed by atoms with Crippen molar-refractivity contribution in [2.24, 2.45) is 50.7 Å². The smallest absolute Gasteiger partial charge is 0.325 e. The fraction of sp³-hybridized carbons (Fsp3) is 0.696. The normalized spacial score (nSPS) is 33.7. The fourth-order valence-electron chi connectivity index (χ4n) is 13.6. The van der Waals surface area contributed by atoms with Gasteiger partial charge in [0.25, 0.3) is 0 Å². The van der Waals surface area contributed by atoms with Crippen molar-refractivity contribution < 1.29 is 19.8 Å². The first-order valence-corrected chi connectivity index (χ1v) is 21.5. The number of aromatic nitrogens is 3. The summed E-state index contributed by atoms with van der Waals surface area (Å²) in [6, 6.07) is 8.03. The highest BCUT2D eigenvalue weighted by Crippen LogP contribution is 2.77. The van der Waals surface area contributed by atoms with E-state index in [0.29, 0.717) is 24.8 Å². The molecule has 5 aliphatic rings. The predicted molar refractivity (Wildman–Crippen MR) is 229 cm³/mol. The molecule has 7 rings (SSSR count). The number of carbonyl (C=O) groups excluding carboxylic acids is 1. The number of aliphatic hydroxyl groups excluding tert-OH is 1. The maximum atomic E-state index is 14.3. The van der Waals surface area contributed by atoms with Gasteiger partial charge in [-0.3, -0.25) is 14.5 Å². The number of nitrogens with zero attached hydrogens (tertiary/aromatic N) is 5. The zero-order chi connectivity index (χ0) is 40.6. The van der Waals surface area contributed by atoms with Gasteiger partial charge in [-0.1, -0.05) is 89.1 Å². The number of hydrogen-bond acceptors (Lipinski definition) is 7. The van der Waals surface area contributed by atoms with Crippen molar-refractivity contribution >= 4 is 41.3 Å². The van der Waals surface area contributed by atoms with E-state index in [2.05, 4.69) is 101 Å². The van der Waals surface area contributed by atoms with Gasteiger partial charge < -0.3 is 15.1 Å². The second-order valence-electron chi connectivity index (χ2n) is 20.3. The van der Waals surface area contributed by atoms with Crippen molar-refractivity contribution in [3.63, 3.8) is 0 Å². The number of carbonyl (C=O) groups is 2. The van der Waals surface area contributed by atoms with Crippen LogP contribution in [0.4, 0.5) is 0 Å². The minimum atomic E-state index is -0.926. The van der Waals surface area contributed by atoms with E-state index in [1.807, 2.05) is 12.1 Å². The molecule has 11 heteroatoms. The molecule has 9 nitrogen and oxygen atoms in total. The summed E-state index contributed by atoms with van der Waals surface area (Å²) < 4.78 is 1.43. The van der Waals surface area contributed by atoms with Crippen molar-refractivity contribution in [3.05, 3.63) is 64.0 Å². The number of ketones is 1. The first-order valence-electron chi connectivity index (χ1n) is 21.2. The highest BCUT2D eigenvalue weighted by molar-refractivity contribution is 6.30. The van der Waals surface area contributed by atoms with Gasteiger partial charge in [-0.05, 0) is 133 Å². The molecule has 5 aliphatic carbocycles. The molecule has 0 radical (unpaired) electrons. The first kappa shape index (κ1) is 44.0. The molecular weight excluding hydrogens is 757 g/mol. The molecule has 0 spiro atoms. The number of Topliss-reactive ketones (excluding diaryl/α,β-unsaturated/α-hetero) is 1. The second-order valence-corrected chi connectivity index (χ2v) is 20.7. The molecule has 0 aliphatic heterocycles. The quantitative estimate of drug-likeness (QED) is 0.219. The third-order valence-corrected chi connectivity index (χ3v) is 16.7. The van der Waals surface area contributed by atoms with Crippen LogP contribution in [0.1, 0.15) is 111 Å². The molecule has 2 N–H and O–H groups in total. The van der Waals surface area contributed by atoms with Gasteiger partial charge in [0.15, 0.2) is 5.78 Å². The number of carboxylic acid groups (broad SMARTS) is 1. The lowest BCUT2D eigenvalue weighted by Gasteiger charge is -2.71. The Morgan fingerprint density at radius 1 is 0.982 bits per heavy atom. The van der Waals surface area contributed by atoms with E-state index in [1.54, 1.807) is 6.20 Å². The molecule has 3 saturated carbocycles. The van der Waals surface area contributed by atoms with Crippen LogP contribution < -0.4 is 0 Å². The van der Waals surface area contributed by atoms with Gasteiger partial charge in [0.1, 0.15) is 12.2 Å². The molecule has 2 aromatic rings. The first-order chi connectivity index (χ1) is 26.3. The van der Waals surface area contributed by atoms with E-state index < -0.39 is 17.5 Å². The van der Waals surface area contributed by atoms with Gasteiger partial charge in [-0.25, -0.2) is 4.68 Å². The average molecular weight is 825 g/mol. The topological polar surface area (TPSA) is 112 Å². The molecule has 0 amide bonds. The summed E-state index contributed by atoms with van der Waals surface area (Å²) in [5.41, 5.74) is 4.92. The molecule has 3 fully saturated rings. The van der Waals surface area contributed by atoms with Gasteiger partial charge >= 0.3 is 5.97 Å². The summed E-state index contributed by atoms with van der Waals surface area (Å²) in [5.74, 6) is 0.650. The van der Waals surface area contributed by atoms with Crippen molar-refractivity contribution in [1.82, 2.24) is 24.8 Å². The standard InChI is InChI=1S/C46H66ClN5O4.ClH/c1-29(2)40-35(53)24-46(38(54)27-51(23-22-50(8)9)25-30-10-12-31(47)13-11-30)21-20-44(6)33(41(40)46)14-15-37-43(5)18-16-32(34-26-52(49-48-34)28-39(55)56)42(3,4)36(43)17-19-45(37,44)7;/h10-13,16,26,29,33,36-38,54H,14-15,17-25,27-28H2,1-9H3,(H,55,56);1H/t33-,36+,37-,38?,43+,44-,45-,46+;/m1./s1. The molecule has 0 saturated heterocycles. The van der Waals surface area contributed by atoms with Crippen LogP contribution in [0.3, 0.4) is 0 Å². The Kier molecular flexibility index (Phi) is 12.2. The van der Waals surface area contributed by atoms with Crippen LogP contribution in [0.5, 0.6) is 0 Å². The van der Waals surface area contributed by atoms with Crippen LogP contribution in [0.15, 0.2) is 47.7 Å². The third-order valence-electron chi connectivity index (χ3n) is 16.4. The second kappa shape index (κ2) is 15.8. The lowest BCUT2D eigenvalue weighted by molar-refractivity contribution is -0.200. The van der Waals surface area contributed by atoms with Crippen LogP contribution in [0.2, 0.25) is 5.02 Å². The van der Waals surface area contributed by atoms with Gasteiger partial charge in [0.2, 0.25) is 0 Å².